The molecule has 8 heavy (non-hydrogen) atoms. The Morgan fingerprint density at radius 1 is 2.00 bits per heavy atom. The van der Waals surface area contributed by atoms with Crippen LogP contribution in [0.15, 0.2) is 0 Å². The van der Waals surface area contributed by atoms with Gasteiger partial charge in [-0.2, -0.15) is 0 Å². The van der Waals surface area contributed by atoms with E-state index in [2.05, 4.69) is 0 Å². The molecule has 0 aliphatic carbocycles. The van der Waals surface area contributed by atoms with Gasteiger partial charge in [0.25, 0.3) is 0 Å². The Hall–Kier alpha value is -1.06. The van der Waals surface area contributed by atoms with Gasteiger partial charge in [-0.1, -0.05) is 0 Å². The fourth-order valence-electron chi connectivity index (χ4n) is 0.259. The van der Waals surface area contributed by atoms with Crippen LogP contribution in [-0.4, -0.2) is 35.9 Å². The van der Waals surface area contributed by atoms with E-state index in [4.69, 9.17) is 10.5 Å². The Morgan fingerprint density at radius 3 is 2.62 bits per heavy atom. The number of rotatable bonds is 3. The van der Waals surface area contributed by atoms with Crippen molar-refractivity contribution in [3.8, 4) is 0 Å². The van der Waals surface area contributed by atoms with Gasteiger partial charge in [-0.15, -0.1) is 0 Å². The van der Waals surface area contributed by atoms with Gasteiger partial charge in [0.1, 0.15) is 6.54 Å². The molecule has 4 nitrogen and oxygen atoms in total. The molecule has 0 bridgehead atoms. The Kier molecular flexibility index (Phi) is 2.61. The summed E-state index contributed by atoms with van der Waals surface area (Å²) in [6, 6.07) is 0. The first-order valence-electron chi connectivity index (χ1n) is 2.09. The van der Waals surface area contributed by atoms with E-state index in [1.54, 1.807) is 0 Å². The first-order chi connectivity index (χ1) is 3.66. The molecule has 0 aromatic rings. The summed E-state index contributed by atoms with van der Waals surface area (Å²) in [4.78, 5) is 11.1. The second-order valence-corrected chi connectivity index (χ2v) is 1.44. The van der Waals surface area contributed by atoms with Crippen LogP contribution in [0.5, 0.6) is 0 Å². The lowest BCUT2D eigenvalue weighted by Crippen LogP contribution is -2.23. The molecule has 0 aliphatic rings. The Balaban J connectivity index is 3.38. The highest BCUT2D eigenvalue weighted by Crippen LogP contribution is 1.71. The fourth-order valence-corrected chi connectivity index (χ4v) is 0.259. The number of carboxylic acids is 1. The summed E-state index contributed by atoms with van der Waals surface area (Å²) in [5, 5.41) is 14.6. The molecule has 2 N–H and O–H groups in total. The zero-order chi connectivity index (χ0) is 6.57. The summed E-state index contributed by atoms with van der Waals surface area (Å²) in [6.45, 7) is -0.108. The molecular formula is C4H8N2O2. The summed E-state index contributed by atoms with van der Waals surface area (Å²) < 4.78 is 0. The SMILES string of the molecule is CN(C=N)CC(=O)O. The molecule has 0 heterocycles. The molecule has 0 rings (SSSR count). The smallest absolute Gasteiger partial charge is 0.323 e. The van der Waals surface area contributed by atoms with Gasteiger partial charge in [-0.25, -0.2) is 0 Å². The van der Waals surface area contributed by atoms with Crippen molar-refractivity contribution in [2.75, 3.05) is 13.6 Å². The average Bonchev–Trinajstić information content (AvgIpc) is 1.65. The molecule has 0 unspecified atom stereocenters. The fraction of sp³-hybridized carbons (Fsp3) is 0.500. The molecule has 0 aromatic carbocycles. The highest BCUT2D eigenvalue weighted by atomic mass is 16.4. The van der Waals surface area contributed by atoms with Gasteiger partial charge >= 0.3 is 5.97 Å². The number of nitrogens with one attached hydrogen (secondary N) is 1. The molecule has 0 spiro atoms. The Labute approximate surface area is 47.2 Å². The summed E-state index contributed by atoms with van der Waals surface area (Å²) in [5.74, 6) is -0.920. The first-order valence-corrected chi connectivity index (χ1v) is 2.09. The predicted molar refractivity (Wildman–Crippen MR) is 29.0 cm³/mol. The van der Waals surface area contributed by atoms with Crippen molar-refractivity contribution in [3.63, 3.8) is 0 Å². The average molecular weight is 116 g/mol. The van der Waals surface area contributed by atoms with E-state index in [-0.39, 0.29) is 6.54 Å². The Morgan fingerprint density at radius 2 is 2.50 bits per heavy atom. The molecule has 0 atom stereocenters. The molecule has 0 aromatic heterocycles. The molecular weight excluding hydrogens is 108 g/mol. The maximum absolute atomic E-state index is 9.82. The molecule has 46 valence electrons. The van der Waals surface area contributed by atoms with Crippen molar-refractivity contribution in [1.82, 2.24) is 4.90 Å². The second kappa shape index (κ2) is 3.01. The van der Waals surface area contributed by atoms with Crippen molar-refractivity contribution in [1.29, 1.82) is 5.41 Å². The maximum Gasteiger partial charge on any atom is 0.323 e. The monoisotopic (exact) mass is 116 g/mol. The topological polar surface area (TPSA) is 64.4 Å². The number of aliphatic carboxylic acids is 1. The van der Waals surface area contributed by atoms with E-state index in [9.17, 15) is 4.79 Å². The summed E-state index contributed by atoms with van der Waals surface area (Å²) in [6.07, 6.45) is 0.966. The number of carboxylic acid groups (broad SMARTS) is 1. The van der Waals surface area contributed by atoms with E-state index < -0.39 is 5.97 Å². The molecule has 0 saturated carbocycles. The third-order valence-electron chi connectivity index (χ3n) is 0.605. The van der Waals surface area contributed by atoms with E-state index >= 15 is 0 Å². The number of likely N-dealkylation sites (N-methyl/N-ethyl adjacent to an activating group) is 1. The van der Waals surface area contributed by atoms with Crippen LogP contribution in [0.1, 0.15) is 0 Å². The quantitative estimate of drug-likeness (QED) is 0.390. The van der Waals surface area contributed by atoms with Crippen molar-refractivity contribution in [2.24, 2.45) is 0 Å². The summed E-state index contributed by atoms with van der Waals surface area (Å²) >= 11 is 0. The number of hydrogen-bond donors (Lipinski definition) is 2. The number of hydrogen-bond acceptors (Lipinski definition) is 2. The Bertz CT molecular complexity index is 102. The van der Waals surface area contributed by atoms with E-state index in [1.165, 1.54) is 11.9 Å². The van der Waals surface area contributed by atoms with Crippen molar-refractivity contribution in [3.05, 3.63) is 0 Å². The highest BCUT2D eigenvalue weighted by Gasteiger charge is 1.96. The van der Waals surface area contributed by atoms with Crippen LogP contribution in [0, 0.1) is 5.41 Å². The minimum absolute atomic E-state index is 0.108. The summed E-state index contributed by atoms with van der Waals surface area (Å²) in [7, 11) is 1.53. The van der Waals surface area contributed by atoms with Crippen LogP contribution in [0.3, 0.4) is 0 Å². The van der Waals surface area contributed by atoms with Crippen LogP contribution >= 0.6 is 0 Å². The van der Waals surface area contributed by atoms with Crippen molar-refractivity contribution < 1.29 is 9.90 Å². The molecule has 0 aliphatic heterocycles. The van der Waals surface area contributed by atoms with Crippen LogP contribution in [0.25, 0.3) is 0 Å². The minimum atomic E-state index is -0.920. The van der Waals surface area contributed by atoms with Crippen molar-refractivity contribution >= 4 is 12.3 Å². The predicted octanol–water partition coefficient (Wildman–Crippen LogP) is -0.390. The zero-order valence-corrected chi connectivity index (χ0v) is 4.59. The summed E-state index contributed by atoms with van der Waals surface area (Å²) in [5.41, 5.74) is 0. The van der Waals surface area contributed by atoms with E-state index in [1.807, 2.05) is 0 Å². The highest BCUT2D eigenvalue weighted by molar-refractivity contribution is 5.72. The van der Waals surface area contributed by atoms with Crippen LogP contribution in [0.2, 0.25) is 0 Å². The molecule has 0 amide bonds. The van der Waals surface area contributed by atoms with Crippen molar-refractivity contribution in [2.45, 2.75) is 0 Å². The standard InChI is InChI=1S/C4H8N2O2/c1-6(3-5)2-4(7)8/h3,5H,2H2,1H3,(H,7,8). The molecule has 0 fully saturated rings. The van der Waals surface area contributed by atoms with Gasteiger partial charge in [-0.3, -0.25) is 10.2 Å². The first kappa shape index (κ1) is 6.94. The second-order valence-electron chi connectivity index (χ2n) is 1.44. The van der Waals surface area contributed by atoms with Crippen LogP contribution in [0.4, 0.5) is 0 Å². The van der Waals surface area contributed by atoms with E-state index in [0.29, 0.717) is 0 Å². The third-order valence-corrected chi connectivity index (χ3v) is 0.605. The van der Waals surface area contributed by atoms with Gasteiger partial charge in [0.2, 0.25) is 0 Å². The van der Waals surface area contributed by atoms with Gasteiger partial charge < -0.3 is 10.0 Å². The van der Waals surface area contributed by atoms with Gasteiger partial charge in [-0.05, 0) is 0 Å². The van der Waals surface area contributed by atoms with Crippen LogP contribution in [-0.2, 0) is 4.79 Å². The number of carbonyl (C=O) groups is 1. The van der Waals surface area contributed by atoms with Gasteiger partial charge in [0.05, 0.1) is 6.34 Å². The zero-order valence-electron chi connectivity index (χ0n) is 4.59. The molecule has 4 heteroatoms. The van der Waals surface area contributed by atoms with Crippen LogP contribution < -0.4 is 0 Å². The third kappa shape index (κ3) is 3.14. The largest absolute Gasteiger partial charge is 0.480 e. The maximum atomic E-state index is 9.82. The minimum Gasteiger partial charge on any atom is -0.480 e. The van der Waals surface area contributed by atoms with Gasteiger partial charge in [0.15, 0.2) is 0 Å². The lowest BCUT2D eigenvalue weighted by molar-refractivity contribution is -0.137. The van der Waals surface area contributed by atoms with Gasteiger partial charge in [0, 0.05) is 7.05 Å². The lowest BCUT2D eigenvalue weighted by Gasteiger charge is -2.05. The normalized spacial score (nSPS) is 8.12. The number of nitrogens with zero attached hydrogens (tertiary/aromatic N) is 1. The molecule has 0 saturated heterocycles. The lowest BCUT2D eigenvalue weighted by atomic mass is 10.6. The molecule has 0 radical (unpaired) electrons. The van der Waals surface area contributed by atoms with E-state index in [0.717, 1.165) is 6.34 Å².